The van der Waals surface area contributed by atoms with Gasteiger partial charge in [-0.05, 0) is 35.2 Å². The lowest BCUT2D eigenvalue weighted by molar-refractivity contribution is 0.630. The number of nitrogens with zero attached hydrogens (tertiary/aromatic N) is 3. The molecule has 0 aliphatic carbocycles. The minimum absolute atomic E-state index is 0.0525. The molecule has 19 heavy (non-hydrogen) atoms. The predicted molar refractivity (Wildman–Crippen MR) is 73.5 cm³/mol. The third-order valence-corrected chi connectivity index (χ3v) is 3.50. The molecule has 0 spiro atoms. The molecule has 2 aromatic heterocycles. The maximum Gasteiger partial charge on any atom is 0.226 e. The number of halogens is 2. The van der Waals surface area contributed by atoms with E-state index in [1.165, 1.54) is 17.4 Å². The molecule has 0 saturated heterocycles. The number of benzene rings is 1. The molecule has 0 N–H and O–H groups in total. The average molecular weight is 292 g/mol. The molecule has 2 heterocycles. The Kier molecular flexibility index (Phi) is 3.23. The van der Waals surface area contributed by atoms with E-state index >= 15 is 0 Å². The lowest BCUT2D eigenvalue weighted by Gasteiger charge is -2.04. The van der Waals surface area contributed by atoms with Gasteiger partial charge in [-0.1, -0.05) is 18.2 Å². The Labute approximate surface area is 117 Å². The summed E-state index contributed by atoms with van der Waals surface area (Å²) in [6, 6.07) is 10.1. The van der Waals surface area contributed by atoms with Gasteiger partial charge >= 0.3 is 0 Å². The molecule has 3 rings (SSSR count). The van der Waals surface area contributed by atoms with Crippen molar-refractivity contribution in [1.82, 2.24) is 15.0 Å². The van der Waals surface area contributed by atoms with Crippen LogP contribution in [0.1, 0.15) is 0 Å². The summed E-state index contributed by atoms with van der Waals surface area (Å²) in [6.07, 6.45) is 0. The van der Waals surface area contributed by atoms with Crippen molar-refractivity contribution >= 4 is 22.9 Å². The Morgan fingerprint density at radius 1 is 0.947 bits per heavy atom. The number of thiophene rings is 1. The van der Waals surface area contributed by atoms with Crippen LogP contribution >= 0.6 is 22.9 Å². The zero-order valence-corrected chi connectivity index (χ0v) is 11.1. The largest absolute Gasteiger partial charge is 0.226 e. The van der Waals surface area contributed by atoms with Crippen LogP contribution in [0.5, 0.6) is 0 Å². The molecule has 3 aromatic rings. The van der Waals surface area contributed by atoms with Crippen LogP contribution in [0, 0.1) is 5.82 Å². The fraction of sp³-hybridized carbons (Fsp3) is 0. The molecule has 3 nitrogen and oxygen atoms in total. The van der Waals surface area contributed by atoms with Crippen LogP contribution in [0.15, 0.2) is 41.8 Å². The molecule has 6 heteroatoms. The van der Waals surface area contributed by atoms with Gasteiger partial charge in [-0.2, -0.15) is 9.97 Å². The van der Waals surface area contributed by atoms with E-state index in [1.807, 2.05) is 17.5 Å². The molecular weight excluding hydrogens is 285 g/mol. The highest BCUT2D eigenvalue weighted by atomic mass is 35.5. The van der Waals surface area contributed by atoms with Crippen molar-refractivity contribution in [3.8, 4) is 22.1 Å². The lowest BCUT2D eigenvalue weighted by Crippen LogP contribution is -1.97. The molecule has 0 bridgehead atoms. The SMILES string of the molecule is Fc1ccccc1-c1nc(Cl)nc(-c2cccs2)n1. The van der Waals surface area contributed by atoms with Gasteiger partial charge in [0, 0.05) is 0 Å². The van der Waals surface area contributed by atoms with E-state index < -0.39 is 0 Å². The molecule has 0 unspecified atom stereocenters. The standard InChI is InChI=1S/C13H7ClFN3S/c14-13-17-11(8-4-1-2-5-9(8)15)16-12(18-13)10-6-3-7-19-10/h1-7H. The molecule has 0 radical (unpaired) electrons. The molecule has 0 aliphatic heterocycles. The first kappa shape index (κ1) is 12.2. The monoisotopic (exact) mass is 291 g/mol. The maximum atomic E-state index is 13.7. The van der Waals surface area contributed by atoms with Gasteiger partial charge < -0.3 is 0 Å². The van der Waals surface area contributed by atoms with E-state index in [0.29, 0.717) is 11.4 Å². The van der Waals surface area contributed by atoms with Crippen LogP contribution in [0.4, 0.5) is 4.39 Å². The Balaban J connectivity index is 2.16. The number of hydrogen-bond donors (Lipinski definition) is 0. The van der Waals surface area contributed by atoms with Crippen LogP contribution in [0.25, 0.3) is 22.1 Å². The fourth-order valence-corrected chi connectivity index (χ4v) is 2.45. The topological polar surface area (TPSA) is 38.7 Å². The van der Waals surface area contributed by atoms with Crippen molar-refractivity contribution in [2.75, 3.05) is 0 Å². The first-order valence-corrected chi connectivity index (χ1v) is 6.70. The smallest absolute Gasteiger partial charge is 0.207 e. The zero-order chi connectivity index (χ0) is 13.2. The van der Waals surface area contributed by atoms with Gasteiger partial charge in [-0.15, -0.1) is 11.3 Å². The highest BCUT2D eigenvalue weighted by Crippen LogP contribution is 2.25. The van der Waals surface area contributed by atoms with Gasteiger partial charge in [-0.25, -0.2) is 9.37 Å². The summed E-state index contributed by atoms with van der Waals surface area (Å²) < 4.78 is 13.7. The third kappa shape index (κ3) is 2.47. The summed E-state index contributed by atoms with van der Waals surface area (Å²) >= 11 is 7.38. The van der Waals surface area contributed by atoms with Crippen molar-refractivity contribution in [2.24, 2.45) is 0 Å². The van der Waals surface area contributed by atoms with Crippen molar-refractivity contribution in [1.29, 1.82) is 0 Å². The van der Waals surface area contributed by atoms with E-state index in [9.17, 15) is 4.39 Å². The fourth-order valence-electron chi connectivity index (χ4n) is 1.63. The molecule has 94 valence electrons. The maximum absolute atomic E-state index is 13.7. The van der Waals surface area contributed by atoms with E-state index in [-0.39, 0.29) is 16.9 Å². The minimum Gasteiger partial charge on any atom is -0.207 e. The average Bonchev–Trinajstić information content (AvgIpc) is 2.92. The summed E-state index contributed by atoms with van der Waals surface area (Å²) in [5.74, 6) is 0.302. The zero-order valence-electron chi connectivity index (χ0n) is 9.55. The van der Waals surface area contributed by atoms with Gasteiger partial charge in [-0.3, -0.25) is 0 Å². The molecule has 0 aliphatic rings. The molecule has 0 atom stereocenters. The summed E-state index contributed by atoms with van der Waals surface area (Å²) in [5, 5.41) is 1.96. The van der Waals surface area contributed by atoms with Crippen LogP contribution in [0.3, 0.4) is 0 Å². The normalized spacial score (nSPS) is 10.6. The highest BCUT2D eigenvalue weighted by Gasteiger charge is 2.12. The van der Waals surface area contributed by atoms with Gasteiger partial charge in [0.15, 0.2) is 11.6 Å². The second kappa shape index (κ2) is 5.03. The van der Waals surface area contributed by atoms with E-state index in [1.54, 1.807) is 18.2 Å². The molecule has 0 fully saturated rings. The number of aromatic nitrogens is 3. The van der Waals surface area contributed by atoms with Crippen LogP contribution < -0.4 is 0 Å². The summed E-state index contributed by atoms with van der Waals surface area (Å²) in [7, 11) is 0. The second-order valence-corrected chi connectivity index (χ2v) is 4.99. The highest BCUT2D eigenvalue weighted by molar-refractivity contribution is 7.13. The second-order valence-electron chi connectivity index (χ2n) is 3.71. The van der Waals surface area contributed by atoms with Crippen molar-refractivity contribution in [3.05, 3.63) is 52.9 Å². The Bertz CT molecular complexity index is 716. The van der Waals surface area contributed by atoms with Crippen LogP contribution in [-0.2, 0) is 0 Å². The van der Waals surface area contributed by atoms with Crippen molar-refractivity contribution in [3.63, 3.8) is 0 Å². The Hall–Kier alpha value is -1.85. The summed E-state index contributed by atoms with van der Waals surface area (Å²) in [6.45, 7) is 0. The van der Waals surface area contributed by atoms with E-state index in [2.05, 4.69) is 15.0 Å². The lowest BCUT2D eigenvalue weighted by atomic mass is 10.2. The molecule has 1 aromatic carbocycles. The quantitative estimate of drug-likeness (QED) is 0.715. The van der Waals surface area contributed by atoms with Crippen molar-refractivity contribution < 1.29 is 4.39 Å². The Morgan fingerprint density at radius 3 is 2.47 bits per heavy atom. The van der Waals surface area contributed by atoms with Crippen LogP contribution in [-0.4, -0.2) is 15.0 Å². The number of hydrogen-bond acceptors (Lipinski definition) is 4. The predicted octanol–water partition coefficient (Wildman–Crippen LogP) is 4.06. The van der Waals surface area contributed by atoms with Crippen LogP contribution in [0.2, 0.25) is 5.28 Å². The molecular formula is C13H7ClFN3S. The first-order chi connectivity index (χ1) is 9.24. The van der Waals surface area contributed by atoms with Gasteiger partial charge in [0.1, 0.15) is 5.82 Å². The molecule has 0 saturated carbocycles. The Morgan fingerprint density at radius 2 is 1.74 bits per heavy atom. The van der Waals surface area contributed by atoms with Crippen molar-refractivity contribution in [2.45, 2.75) is 0 Å². The molecule has 0 amide bonds. The third-order valence-electron chi connectivity index (χ3n) is 2.46. The summed E-state index contributed by atoms with van der Waals surface area (Å²) in [4.78, 5) is 13.2. The van der Waals surface area contributed by atoms with Gasteiger partial charge in [0.25, 0.3) is 0 Å². The number of rotatable bonds is 2. The van der Waals surface area contributed by atoms with E-state index in [0.717, 1.165) is 4.88 Å². The van der Waals surface area contributed by atoms with Gasteiger partial charge in [0.05, 0.1) is 10.4 Å². The van der Waals surface area contributed by atoms with E-state index in [4.69, 9.17) is 11.6 Å². The van der Waals surface area contributed by atoms with Gasteiger partial charge in [0.2, 0.25) is 5.28 Å². The minimum atomic E-state index is -0.387. The first-order valence-electron chi connectivity index (χ1n) is 5.44. The summed E-state index contributed by atoms with van der Waals surface area (Å²) in [5.41, 5.74) is 0.310.